The third kappa shape index (κ3) is 2.26. The SMILES string of the molecule is CNC(c1cnc(C)cn1)c1cccc2ccncc12. The Balaban J connectivity index is 2.14. The molecule has 1 atom stereocenters. The number of aryl methyl sites for hydroxylation is 1. The lowest BCUT2D eigenvalue weighted by Gasteiger charge is -2.17. The number of pyridine rings is 1. The first-order valence-electron chi connectivity index (χ1n) is 6.58. The highest BCUT2D eigenvalue weighted by Crippen LogP contribution is 2.26. The molecule has 3 aromatic rings. The second-order valence-electron chi connectivity index (χ2n) is 4.75. The minimum absolute atomic E-state index is 0.0102. The molecular formula is C16H16N4. The minimum atomic E-state index is 0.0102. The van der Waals surface area contributed by atoms with Crippen molar-refractivity contribution >= 4 is 10.8 Å². The van der Waals surface area contributed by atoms with E-state index in [4.69, 9.17) is 0 Å². The van der Waals surface area contributed by atoms with Crippen LogP contribution in [0.5, 0.6) is 0 Å². The van der Waals surface area contributed by atoms with Crippen molar-refractivity contribution in [3.05, 3.63) is 66.0 Å². The van der Waals surface area contributed by atoms with E-state index in [1.165, 1.54) is 5.39 Å². The molecule has 1 unspecified atom stereocenters. The molecule has 20 heavy (non-hydrogen) atoms. The molecule has 0 spiro atoms. The van der Waals surface area contributed by atoms with E-state index in [0.717, 1.165) is 22.3 Å². The van der Waals surface area contributed by atoms with Crippen LogP contribution < -0.4 is 5.32 Å². The van der Waals surface area contributed by atoms with Gasteiger partial charge in [0.15, 0.2) is 0 Å². The predicted octanol–water partition coefficient (Wildman–Crippen LogP) is 2.64. The number of nitrogens with one attached hydrogen (secondary N) is 1. The Morgan fingerprint density at radius 2 is 1.95 bits per heavy atom. The van der Waals surface area contributed by atoms with E-state index in [9.17, 15) is 0 Å². The van der Waals surface area contributed by atoms with Gasteiger partial charge in [0.1, 0.15) is 0 Å². The smallest absolute Gasteiger partial charge is 0.0801 e. The Bertz CT molecular complexity index is 717. The average Bonchev–Trinajstić information content (AvgIpc) is 2.50. The molecule has 1 N–H and O–H groups in total. The van der Waals surface area contributed by atoms with Gasteiger partial charge < -0.3 is 5.32 Å². The summed E-state index contributed by atoms with van der Waals surface area (Å²) in [5.74, 6) is 0. The Labute approximate surface area is 117 Å². The van der Waals surface area contributed by atoms with Crippen LogP contribution in [0.4, 0.5) is 0 Å². The largest absolute Gasteiger partial charge is 0.308 e. The van der Waals surface area contributed by atoms with Crippen molar-refractivity contribution in [2.45, 2.75) is 13.0 Å². The first kappa shape index (κ1) is 12.7. The zero-order chi connectivity index (χ0) is 13.9. The van der Waals surface area contributed by atoms with Crippen molar-refractivity contribution in [1.82, 2.24) is 20.3 Å². The van der Waals surface area contributed by atoms with Gasteiger partial charge in [-0.05, 0) is 31.0 Å². The van der Waals surface area contributed by atoms with E-state index in [2.05, 4.69) is 38.5 Å². The molecule has 0 saturated heterocycles. The standard InChI is InChI=1S/C16H16N4/c1-11-8-20-15(10-19-11)16(17-2)13-5-3-4-12-6-7-18-9-14(12)13/h3-10,16-17H,1-2H3. The van der Waals surface area contributed by atoms with E-state index in [-0.39, 0.29) is 6.04 Å². The summed E-state index contributed by atoms with van der Waals surface area (Å²) in [5.41, 5.74) is 2.99. The van der Waals surface area contributed by atoms with Crippen LogP contribution in [0.2, 0.25) is 0 Å². The summed E-state index contributed by atoms with van der Waals surface area (Å²) in [5, 5.41) is 5.63. The fourth-order valence-corrected chi connectivity index (χ4v) is 2.40. The maximum Gasteiger partial charge on any atom is 0.0801 e. The number of benzene rings is 1. The average molecular weight is 264 g/mol. The van der Waals surface area contributed by atoms with Gasteiger partial charge in [0.2, 0.25) is 0 Å². The molecule has 1 aromatic carbocycles. The Kier molecular flexibility index (Phi) is 3.39. The number of hydrogen-bond donors (Lipinski definition) is 1. The predicted molar refractivity (Wildman–Crippen MR) is 79.4 cm³/mol. The van der Waals surface area contributed by atoms with Gasteiger partial charge in [0.05, 0.1) is 23.6 Å². The normalized spacial score (nSPS) is 12.5. The van der Waals surface area contributed by atoms with Crippen molar-refractivity contribution in [3.8, 4) is 0 Å². The van der Waals surface area contributed by atoms with Crippen molar-refractivity contribution in [1.29, 1.82) is 0 Å². The molecule has 0 amide bonds. The maximum atomic E-state index is 4.49. The molecule has 0 aliphatic carbocycles. The van der Waals surface area contributed by atoms with Crippen molar-refractivity contribution in [3.63, 3.8) is 0 Å². The summed E-state index contributed by atoms with van der Waals surface area (Å²) < 4.78 is 0. The van der Waals surface area contributed by atoms with E-state index in [0.29, 0.717) is 0 Å². The quantitative estimate of drug-likeness (QED) is 0.790. The molecule has 0 radical (unpaired) electrons. The Hall–Kier alpha value is -2.33. The highest BCUT2D eigenvalue weighted by Gasteiger charge is 2.16. The molecule has 100 valence electrons. The van der Waals surface area contributed by atoms with Crippen LogP contribution in [0.25, 0.3) is 10.8 Å². The summed E-state index contributed by atoms with van der Waals surface area (Å²) in [6, 6.07) is 8.28. The summed E-state index contributed by atoms with van der Waals surface area (Å²) in [4.78, 5) is 13.1. The molecule has 2 heterocycles. The molecular weight excluding hydrogens is 248 g/mol. The maximum absolute atomic E-state index is 4.49. The molecule has 4 nitrogen and oxygen atoms in total. The van der Waals surface area contributed by atoms with Crippen molar-refractivity contribution in [2.75, 3.05) is 7.05 Å². The number of nitrogens with zero attached hydrogens (tertiary/aromatic N) is 3. The van der Waals surface area contributed by atoms with E-state index >= 15 is 0 Å². The van der Waals surface area contributed by atoms with Gasteiger partial charge in [-0.15, -0.1) is 0 Å². The van der Waals surface area contributed by atoms with Gasteiger partial charge in [-0.1, -0.05) is 18.2 Å². The zero-order valence-corrected chi connectivity index (χ0v) is 11.5. The van der Waals surface area contributed by atoms with Crippen LogP contribution in [0.15, 0.2) is 49.1 Å². The van der Waals surface area contributed by atoms with Crippen molar-refractivity contribution in [2.24, 2.45) is 0 Å². The lowest BCUT2D eigenvalue weighted by atomic mass is 9.98. The molecule has 0 fully saturated rings. The first-order valence-corrected chi connectivity index (χ1v) is 6.58. The van der Waals surface area contributed by atoms with Gasteiger partial charge in [-0.25, -0.2) is 0 Å². The lowest BCUT2D eigenvalue weighted by molar-refractivity contribution is 0.670. The number of hydrogen-bond acceptors (Lipinski definition) is 4. The highest BCUT2D eigenvalue weighted by molar-refractivity contribution is 5.85. The zero-order valence-electron chi connectivity index (χ0n) is 11.5. The molecule has 0 aliphatic heterocycles. The van der Waals surface area contributed by atoms with E-state index in [1.54, 1.807) is 6.20 Å². The molecule has 3 rings (SSSR count). The van der Waals surface area contributed by atoms with Crippen LogP contribution in [0.1, 0.15) is 23.0 Å². The molecule has 4 heteroatoms. The molecule has 2 aromatic heterocycles. The number of fused-ring (bicyclic) bond motifs is 1. The van der Waals surface area contributed by atoms with Gasteiger partial charge in [0.25, 0.3) is 0 Å². The molecule has 0 bridgehead atoms. The number of aromatic nitrogens is 3. The van der Waals surface area contributed by atoms with E-state index < -0.39 is 0 Å². The summed E-state index contributed by atoms with van der Waals surface area (Å²) in [6.45, 7) is 1.94. The lowest BCUT2D eigenvalue weighted by Crippen LogP contribution is -2.19. The van der Waals surface area contributed by atoms with Crippen molar-refractivity contribution < 1.29 is 0 Å². The fraction of sp³-hybridized carbons (Fsp3) is 0.188. The Morgan fingerprint density at radius 3 is 2.70 bits per heavy atom. The van der Waals surface area contributed by atoms with Gasteiger partial charge in [0, 0.05) is 24.0 Å². The van der Waals surface area contributed by atoms with Gasteiger partial charge in [-0.3, -0.25) is 15.0 Å². The van der Waals surface area contributed by atoms with Crippen LogP contribution in [0, 0.1) is 6.92 Å². The Morgan fingerprint density at radius 1 is 1.05 bits per heavy atom. The van der Waals surface area contributed by atoms with E-state index in [1.807, 2.05) is 38.6 Å². The topological polar surface area (TPSA) is 50.7 Å². The van der Waals surface area contributed by atoms with Gasteiger partial charge >= 0.3 is 0 Å². The summed E-state index contributed by atoms with van der Waals surface area (Å²) in [6.07, 6.45) is 7.33. The fourth-order valence-electron chi connectivity index (χ4n) is 2.40. The third-order valence-corrected chi connectivity index (χ3v) is 3.41. The highest BCUT2D eigenvalue weighted by atomic mass is 14.9. The van der Waals surface area contributed by atoms with Gasteiger partial charge in [-0.2, -0.15) is 0 Å². The van der Waals surface area contributed by atoms with Crippen LogP contribution in [-0.2, 0) is 0 Å². The van der Waals surface area contributed by atoms with Crippen LogP contribution in [0.3, 0.4) is 0 Å². The monoisotopic (exact) mass is 264 g/mol. The minimum Gasteiger partial charge on any atom is -0.308 e. The second-order valence-corrected chi connectivity index (χ2v) is 4.75. The van der Waals surface area contributed by atoms with Crippen LogP contribution in [-0.4, -0.2) is 22.0 Å². The molecule has 0 saturated carbocycles. The number of rotatable bonds is 3. The third-order valence-electron chi connectivity index (χ3n) is 3.41. The summed E-state index contributed by atoms with van der Waals surface area (Å²) >= 11 is 0. The summed E-state index contributed by atoms with van der Waals surface area (Å²) in [7, 11) is 1.93. The van der Waals surface area contributed by atoms with Crippen LogP contribution >= 0.6 is 0 Å². The second kappa shape index (κ2) is 5.35. The molecule has 0 aliphatic rings. The first-order chi connectivity index (χ1) is 9.79.